The van der Waals surface area contributed by atoms with E-state index < -0.39 is 6.10 Å². The van der Waals surface area contributed by atoms with Gasteiger partial charge in [0.1, 0.15) is 12.1 Å². The number of aliphatic hydroxyl groups is 1. The molecule has 2 rings (SSSR count). The Morgan fingerprint density at radius 2 is 2.39 bits per heavy atom. The average molecular weight is 246 g/mol. The Morgan fingerprint density at radius 3 is 2.94 bits per heavy atom. The molecular weight excluding hydrogens is 232 g/mol. The number of carbonyl (C=O) groups is 1. The first-order valence-electron chi connectivity index (χ1n) is 5.57. The summed E-state index contributed by atoms with van der Waals surface area (Å²) in [4.78, 5) is 19.8. The first-order chi connectivity index (χ1) is 8.66. The molecule has 0 aliphatic carbocycles. The molecule has 6 heteroatoms. The van der Waals surface area contributed by atoms with Crippen molar-refractivity contribution in [2.45, 2.75) is 13.0 Å². The lowest BCUT2D eigenvalue weighted by atomic mass is 10.2. The standard InChI is InChI=1S/C12H14N4O2/c1-9(17)6-15-12(18)10-2-3-11(14-7-10)16-5-4-13-8-16/h2-5,7-9,17H,6H2,1H3,(H,15,18). The van der Waals surface area contributed by atoms with Gasteiger partial charge in [0.25, 0.3) is 5.91 Å². The number of imidazole rings is 1. The summed E-state index contributed by atoms with van der Waals surface area (Å²) in [5.74, 6) is 0.445. The van der Waals surface area contributed by atoms with Crippen molar-refractivity contribution in [1.29, 1.82) is 0 Å². The topological polar surface area (TPSA) is 80.0 Å². The molecule has 2 aromatic heterocycles. The first kappa shape index (κ1) is 12.3. The van der Waals surface area contributed by atoms with Gasteiger partial charge >= 0.3 is 0 Å². The van der Waals surface area contributed by atoms with E-state index in [9.17, 15) is 4.79 Å². The van der Waals surface area contributed by atoms with Crippen LogP contribution in [0.2, 0.25) is 0 Å². The Morgan fingerprint density at radius 1 is 1.56 bits per heavy atom. The van der Waals surface area contributed by atoms with Crippen LogP contribution < -0.4 is 5.32 Å². The molecule has 0 spiro atoms. The van der Waals surface area contributed by atoms with Crippen LogP contribution in [0.4, 0.5) is 0 Å². The summed E-state index contributed by atoms with van der Waals surface area (Å²) >= 11 is 0. The second kappa shape index (κ2) is 5.42. The number of nitrogens with zero attached hydrogens (tertiary/aromatic N) is 3. The zero-order valence-electron chi connectivity index (χ0n) is 9.95. The fraction of sp³-hybridized carbons (Fsp3) is 0.250. The largest absolute Gasteiger partial charge is 0.392 e. The minimum atomic E-state index is -0.563. The van der Waals surface area contributed by atoms with E-state index in [0.717, 1.165) is 0 Å². The Labute approximate surface area is 104 Å². The van der Waals surface area contributed by atoms with Crippen molar-refractivity contribution in [2.75, 3.05) is 6.54 Å². The summed E-state index contributed by atoms with van der Waals surface area (Å²) in [6.07, 6.45) is 6.00. The van der Waals surface area contributed by atoms with E-state index in [1.807, 2.05) is 0 Å². The molecule has 0 fully saturated rings. The van der Waals surface area contributed by atoms with Crippen molar-refractivity contribution in [2.24, 2.45) is 0 Å². The van der Waals surface area contributed by atoms with Crippen molar-refractivity contribution >= 4 is 5.91 Å². The summed E-state index contributed by atoms with van der Waals surface area (Å²) in [7, 11) is 0. The van der Waals surface area contributed by atoms with Crippen LogP contribution in [0.3, 0.4) is 0 Å². The molecule has 0 aliphatic heterocycles. The highest BCUT2D eigenvalue weighted by molar-refractivity contribution is 5.93. The highest BCUT2D eigenvalue weighted by atomic mass is 16.3. The molecule has 1 amide bonds. The van der Waals surface area contributed by atoms with Crippen molar-refractivity contribution in [1.82, 2.24) is 19.9 Å². The average Bonchev–Trinajstić information content (AvgIpc) is 2.90. The third-order valence-electron chi connectivity index (χ3n) is 2.34. The summed E-state index contributed by atoms with van der Waals surface area (Å²) < 4.78 is 1.75. The molecule has 2 heterocycles. The normalized spacial score (nSPS) is 12.1. The fourth-order valence-electron chi connectivity index (χ4n) is 1.41. The molecule has 18 heavy (non-hydrogen) atoms. The lowest BCUT2D eigenvalue weighted by Crippen LogP contribution is -2.30. The van der Waals surface area contributed by atoms with E-state index >= 15 is 0 Å². The molecule has 2 N–H and O–H groups in total. The van der Waals surface area contributed by atoms with E-state index in [4.69, 9.17) is 5.11 Å². The van der Waals surface area contributed by atoms with Crippen LogP contribution in [0.5, 0.6) is 0 Å². The van der Waals surface area contributed by atoms with Gasteiger partial charge in [0.2, 0.25) is 0 Å². The zero-order chi connectivity index (χ0) is 13.0. The van der Waals surface area contributed by atoms with Crippen LogP contribution in [0.15, 0.2) is 37.1 Å². The molecule has 0 bridgehead atoms. The van der Waals surface area contributed by atoms with Gasteiger partial charge in [-0.2, -0.15) is 0 Å². The van der Waals surface area contributed by atoms with E-state index in [-0.39, 0.29) is 12.5 Å². The Kier molecular flexibility index (Phi) is 3.69. The second-order valence-electron chi connectivity index (χ2n) is 3.93. The number of aromatic nitrogens is 3. The Hall–Kier alpha value is -2.21. The van der Waals surface area contributed by atoms with E-state index in [2.05, 4.69) is 15.3 Å². The number of aliphatic hydroxyl groups excluding tert-OH is 1. The molecule has 2 aromatic rings. The number of hydrogen-bond acceptors (Lipinski definition) is 4. The molecular formula is C12H14N4O2. The predicted octanol–water partition coefficient (Wildman–Crippen LogP) is 0.378. The smallest absolute Gasteiger partial charge is 0.252 e. The molecule has 1 unspecified atom stereocenters. The summed E-state index contributed by atoms with van der Waals surface area (Å²) in [5.41, 5.74) is 0.458. The van der Waals surface area contributed by atoms with Crippen LogP contribution in [0.1, 0.15) is 17.3 Å². The number of rotatable bonds is 4. The lowest BCUT2D eigenvalue weighted by Gasteiger charge is -2.07. The van der Waals surface area contributed by atoms with E-state index in [1.54, 1.807) is 42.3 Å². The van der Waals surface area contributed by atoms with Gasteiger partial charge in [-0.25, -0.2) is 9.97 Å². The highest BCUT2D eigenvalue weighted by Crippen LogP contribution is 2.05. The minimum Gasteiger partial charge on any atom is -0.392 e. The minimum absolute atomic E-state index is 0.224. The van der Waals surface area contributed by atoms with Gasteiger partial charge in [-0.15, -0.1) is 0 Å². The maximum Gasteiger partial charge on any atom is 0.252 e. The zero-order valence-corrected chi connectivity index (χ0v) is 9.95. The quantitative estimate of drug-likeness (QED) is 0.817. The van der Waals surface area contributed by atoms with Crippen molar-refractivity contribution < 1.29 is 9.90 Å². The predicted molar refractivity (Wildman–Crippen MR) is 65.4 cm³/mol. The van der Waals surface area contributed by atoms with Gasteiger partial charge < -0.3 is 10.4 Å². The molecule has 94 valence electrons. The van der Waals surface area contributed by atoms with Gasteiger partial charge in [-0.3, -0.25) is 9.36 Å². The maximum atomic E-state index is 11.7. The summed E-state index contributed by atoms with van der Waals surface area (Å²) in [5, 5.41) is 11.7. The number of nitrogens with one attached hydrogen (secondary N) is 1. The molecule has 1 atom stereocenters. The Balaban J connectivity index is 2.06. The van der Waals surface area contributed by atoms with Gasteiger partial charge in [0.15, 0.2) is 0 Å². The van der Waals surface area contributed by atoms with Crippen molar-refractivity contribution in [3.8, 4) is 5.82 Å². The monoisotopic (exact) mass is 246 g/mol. The lowest BCUT2D eigenvalue weighted by molar-refractivity contribution is 0.0923. The van der Waals surface area contributed by atoms with Crippen LogP contribution in [0, 0.1) is 0 Å². The number of carbonyl (C=O) groups excluding carboxylic acids is 1. The van der Waals surface area contributed by atoms with Crippen LogP contribution in [-0.4, -0.2) is 38.2 Å². The van der Waals surface area contributed by atoms with Gasteiger partial charge in [-0.05, 0) is 19.1 Å². The van der Waals surface area contributed by atoms with Crippen molar-refractivity contribution in [3.05, 3.63) is 42.6 Å². The molecule has 0 aliphatic rings. The van der Waals surface area contributed by atoms with Gasteiger partial charge in [0.05, 0.1) is 11.7 Å². The number of hydrogen-bond donors (Lipinski definition) is 2. The SMILES string of the molecule is CC(O)CNC(=O)c1ccc(-n2ccnc2)nc1. The van der Waals surface area contributed by atoms with Gasteiger partial charge in [0, 0.05) is 25.1 Å². The highest BCUT2D eigenvalue weighted by Gasteiger charge is 2.07. The van der Waals surface area contributed by atoms with E-state index in [1.165, 1.54) is 6.20 Å². The molecule has 0 saturated carbocycles. The first-order valence-corrected chi connectivity index (χ1v) is 5.57. The fourth-order valence-corrected chi connectivity index (χ4v) is 1.41. The van der Waals surface area contributed by atoms with Crippen LogP contribution in [0.25, 0.3) is 5.82 Å². The summed E-state index contributed by atoms with van der Waals surface area (Å²) in [6, 6.07) is 3.42. The Bertz CT molecular complexity index is 505. The van der Waals surface area contributed by atoms with Crippen LogP contribution >= 0.6 is 0 Å². The second-order valence-corrected chi connectivity index (χ2v) is 3.93. The van der Waals surface area contributed by atoms with E-state index in [0.29, 0.717) is 11.4 Å². The summed E-state index contributed by atoms with van der Waals surface area (Å²) in [6.45, 7) is 1.84. The molecule has 0 aromatic carbocycles. The van der Waals surface area contributed by atoms with Crippen LogP contribution in [-0.2, 0) is 0 Å². The number of amides is 1. The number of pyridine rings is 1. The molecule has 6 nitrogen and oxygen atoms in total. The molecule has 0 radical (unpaired) electrons. The van der Waals surface area contributed by atoms with Crippen molar-refractivity contribution in [3.63, 3.8) is 0 Å². The third-order valence-corrected chi connectivity index (χ3v) is 2.34. The maximum absolute atomic E-state index is 11.7. The van der Waals surface area contributed by atoms with Gasteiger partial charge in [-0.1, -0.05) is 0 Å². The molecule has 0 saturated heterocycles. The third kappa shape index (κ3) is 2.92.